The molecule has 6 heteroatoms. The fraction of sp³-hybridized carbons (Fsp3) is 0.385. The van der Waals surface area contributed by atoms with E-state index in [1.165, 1.54) is 0 Å². The zero-order chi connectivity index (χ0) is 14.0. The van der Waals surface area contributed by atoms with Gasteiger partial charge in [0.2, 0.25) is 0 Å². The Labute approximate surface area is 122 Å². The quantitative estimate of drug-likeness (QED) is 0.939. The van der Waals surface area contributed by atoms with Gasteiger partial charge in [-0.25, -0.2) is 4.68 Å². The minimum atomic E-state index is -0.110. The number of nitrogens with two attached hydrogens (primary N) is 1. The topological polar surface area (TPSA) is 56.7 Å². The molecule has 1 heterocycles. The molecule has 0 aliphatic heterocycles. The molecule has 19 heavy (non-hydrogen) atoms. The maximum atomic E-state index is 6.23. The van der Waals surface area contributed by atoms with E-state index in [4.69, 9.17) is 28.9 Å². The van der Waals surface area contributed by atoms with Gasteiger partial charge in [-0.15, -0.1) is 5.10 Å². The van der Waals surface area contributed by atoms with E-state index < -0.39 is 0 Å². The van der Waals surface area contributed by atoms with Crippen molar-refractivity contribution in [3.8, 4) is 5.69 Å². The fourth-order valence-corrected chi connectivity index (χ4v) is 2.35. The number of nitrogens with zero attached hydrogens (tertiary/aromatic N) is 3. The SMILES string of the molecule is CCc1c(C(N)CC)nnn1-c1cccc(Cl)c1Cl. The van der Waals surface area contributed by atoms with Crippen LogP contribution in [0.1, 0.15) is 37.7 Å². The van der Waals surface area contributed by atoms with Gasteiger partial charge in [0.1, 0.15) is 5.69 Å². The third-order valence-corrected chi connectivity index (χ3v) is 3.89. The Morgan fingerprint density at radius 3 is 2.68 bits per heavy atom. The summed E-state index contributed by atoms with van der Waals surface area (Å²) in [5.74, 6) is 0. The summed E-state index contributed by atoms with van der Waals surface area (Å²) < 4.78 is 1.72. The summed E-state index contributed by atoms with van der Waals surface area (Å²) in [6.45, 7) is 4.06. The molecular formula is C13H16Cl2N4. The number of aromatic nitrogens is 3. The number of rotatable bonds is 4. The van der Waals surface area contributed by atoms with Gasteiger partial charge < -0.3 is 5.73 Å². The molecule has 0 radical (unpaired) electrons. The van der Waals surface area contributed by atoms with Crippen molar-refractivity contribution in [2.24, 2.45) is 5.73 Å². The second kappa shape index (κ2) is 5.90. The zero-order valence-electron chi connectivity index (χ0n) is 10.9. The summed E-state index contributed by atoms with van der Waals surface area (Å²) in [5.41, 5.74) is 8.58. The van der Waals surface area contributed by atoms with Crippen LogP contribution >= 0.6 is 23.2 Å². The minimum Gasteiger partial charge on any atom is -0.323 e. The molecule has 0 fully saturated rings. The van der Waals surface area contributed by atoms with Crippen LogP contribution in [0.5, 0.6) is 0 Å². The van der Waals surface area contributed by atoms with Crippen molar-refractivity contribution in [2.75, 3.05) is 0 Å². The first-order chi connectivity index (χ1) is 9.10. The summed E-state index contributed by atoms with van der Waals surface area (Å²) in [4.78, 5) is 0. The van der Waals surface area contributed by atoms with E-state index in [1.807, 2.05) is 26.0 Å². The van der Waals surface area contributed by atoms with Gasteiger partial charge in [-0.2, -0.15) is 0 Å². The molecule has 2 N–H and O–H groups in total. The summed E-state index contributed by atoms with van der Waals surface area (Å²) in [6, 6.07) is 5.34. The lowest BCUT2D eigenvalue weighted by molar-refractivity contribution is 0.665. The highest BCUT2D eigenvalue weighted by molar-refractivity contribution is 6.43. The van der Waals surface area contributed by atoms with Crippen LogP contribution in [0.25, 0.3) is 5.69 Å². The van der Waals surface area contributed by atoms with Gasteiger partial charge >= 0.3 is 0 Å². The van der Waals surface area contributed by atoms with E-state index in [-0.39, 0.29) is 6.04 Å². The standard InChI is InChI=1S/C13H16Cl2N4/c1-3-9(16)13-10(4-2)19(18-17-13)11-7-5-6-8(14)12(11)15/h5-7,9H,3-4,16H2,1-2H3. The third kappa shape index (κ3) is 2.61. The molecule has 4 nitrogen and oxygen atoms in total. The summed E-state index contributed by atoms with van der Waals surface area (Å²) in [5, 5.41) is 9.33. The average Bonchev–Trinajstić information content (AvgIpc) is 2.84. The van der Waals surface area contributed by atoms with Crippen molar-refractivity contribution in [1.29, 1.82) is 0 Å². The maximum absolute atomic E-state index is 6.23. The molecule has 0 bridgehead atoms. The van der Waals surface area contributed by atoms with Gasteiger partial charge in [-0.3, -0.25) is 0 Å². The second-order valence-corrected chi connectivity index (χ2v) is 5.06. The Balaban J connectivity index is 2.57. The number of hydrogen-bond donors (Lipinski definition) is 1. The van der Waals surface area contributed by atoms with Crippen LogP contribution in [0.15, 0.2) is 18.2 Å². The van der Waals surface area contributed by atoms with E-state index in [1.54, 1.807) is 10.7 Å². The zero-order valence-corrected chi connectivity index (χ0v) is 12.4. The van der Waals surface area contributed by atoms with Gasteiger partial charge in [0.05, 0.1) is 27.5 Å². The molecule has 0 saturated carbocycles. The van der Waals surface area contributed by atoms with E-state index in [9.17, 15) is 0 Å². The van der Waals surface area contributed by atoms with Crippen LogP contribution in [0.4, 0.5) is 0 Å². The van der Waals surface area contributed by atoms with Crippen molar-refractivity contribution < 1.29 is 0 Å². The molecule has 0 spiro atoms. The van der Waals surface area contributed by atoms with Crippen LogP contribution in [0.2, 0.25) is 10.0 Å². The van der Waals surface area contributed by atoms with Crippen molar-refractivity contribution in [2.45, 2.75) is 32.7 Å². The predicted molar refractivity (Wildman–Crippen MR) is 78.0 cm³/mol. The molecule has 2 rings (SSSR count). The summed E-state index contributed by atoms with van der Waals surface area (Å²) >= 11 is 12.3. The first kappa shape index (κ1) is 14.3. The van der Waals surface area contributed by atoms with Crippen molar-refractivity contribution >= 4 is 23.2 Å². The average molecular weight is 299 g/mol. The first-order valence-corrected chi connectivity index (χ1v) is 7.00. The maximum Gasteiger partial charge on any atom is 0.103 e. The number of benzene rings is 1. The third-order valence-electron chi connectivity index (χ3n) is 3.08. The molecule has 0 aliphatic rings. The Morgan fingerprint density at radius 1 is 1.32 bits per heavy atom. The number of halogens is 2. The highest BCUT2D eigenvalue weighted by Crippen LogP contribution is 2.30. The lowest BCUT2D eigenvalue weighted by Gasteiger charge is -2.11. The monoisotopic (exact) mass is 298 g/mol. The van der Waals surface area contributed by atoms with Crippen molar-refractivity contribution in [3.63, 3.8) is 0 Å². The van der Waals surface area contributed by atoms with E-state index in [2.05, 4.69) is 10.3 Å². The highest BCUT2D eigenvalue weighted by atomic mass is 35.5. The molecule has 1 atom stereocenters. The molecule has 2 aromatic rings. The Hall–Kier alpha value is -1.10. The van der Waals surface area contributed by atoms with Crippen LogP contribution in [0.3, 0.4) is 0 Å². The molecular weight excluding hydrogens is 283 g/mol. The van der Waals surface area contributed by atoms with Gasteiger partial charge in [-0.05, 0) is 25.0 Å². The minimum absolute atomic E-state index is 0.110. The van der Waals surface area contributed by atoms with Crippen LogP contribution < -0.4 is 5.73 Å². The molecule has 1 aromatic heterocycles. The van der Waals surface area contributed by atoms with Gasteiger partial charge in [0.15, 0.2) is 0 Å². The molecule has 0 saturated heterocycles. The molecule has 0 amide bonds. The number of hydrogen-bond acceptors (Lipinski definition) is 3. The Kier molecular flexibility index (Phi) is 4.45. The van der Waals surface area contributed by atoms with E-state index in [0.717, 1.165) is 29.9 Å². The lowest BCUT2D eigenvalue weighted by atomic mass is 10.1. The van der Waals surface area contributed by atoms with E-state index in [0.29, 0.717) is 10.0 Å². The normalized spacial score (nSPS) is 12.7. The lowest BCUT2D eigenvalue weighted by Crippen LogP contribution is -2.12. The Morgan fingerprint density at radius 2 is 2.05 bits per heavy atom. The molecule has 102 valence electrons. The highest BCUT2D eigenvalue weighted by Gasteiger charge is 2.19. The van der Waals surface area contributed by atoms with Gasteiger partial charge in [0, 0.05) is 0 Å². The Bertz CT molecular complexity index is 580. The summed E-state index contributed by atoms with van der Waals surface area (Å²) in [6.07, 6.45) is 1.59. The predicted octanol–water partition coefficient (Wildman–Crippen LogP) is 3.55. The summed E-state index contributed by atoms with van der Waals surface area (Å²) in [7, 11) is 0. The van der Waals surface area contributed by atoms with Crippen LogP contribution in [-0.4, -0.2) is 15.0 Å². The van der Waals surface area contributed by atoms with Gasteiger partial charge in [-0.1, -0.05) is 48.3 Å². The molecule has 0 aliphatic carbocycles. The van der Waals surface area contributed by atoms with Crippen molar-refractivity contribution in [1.82, 2.24) is 15.0 Å². The van der Waals surface area contributed by atoms with Crippen molar-refractivity contribution in [3.05, 3.63) is 39.6 Å². The second-order valence-electron chi connectivity index (χ2n) is 4.27. The van der Waals surface area contributed by atoms with Gasteiger partial charge in [0.25, 0.3) is 0 Å². The smallest absolute Gasteiger partial charge is 0.103 e. The fourth-order valence-electron chi connectivity index (χ4n) is 1.98. The van der Waals surface area contributed by atoms with E-state index >= 15 is 0 Å². The first-order valence-electron chi connectivity index (χ1n) is 6.24. The van der Waals surface area contributed by atoms with Crippen LogP contribution in [-0.2, 0) is 6.42 Å². The van der Waals surface area contributed by atoms with Crippen LogP contribution in [0, 0.1) is 0 Å². The largest absolute Gasteiger partial charge is 0.323 e. The molecule has 1 unspecified atom stereocenters. The molecule has 1 aromatic carbocycles.